The van der Waals surface area contributed by atoms with Crippen molar-refractivity contribution in [3.05, 3.63) is 94.3 Å². The second-order valence-electron chi connectivity index (χ2n) is 7.06. The van der Waals surface area contributed by atoms with Crippen molar-refractivity contribution < 1.29 is 4.79 Å². The monoisotopic (exact) mass is 401 g/mol. The first-order valence-electron chi connectivity index (χ1n) is 9.53. The van der Waals surface area contributed by atoms with Gasteiger partial charge in [0.1, 0.15) is 9.83 Å². The van der Waals surface area contributed by atoms with Crippen LogP contribution >= 0.6 is 11.3 Å². The number of thiophene rings is 1. The Kier molecular flexibility index (Phi) is 4.50. The summed E-state index contributed by atoms with van der Waals surface area (Å²) in [4.78, 5) is 26.9. The Labute approximate surface area is 171 Å². The number of carbonyl (C=O) groups excluding carboxylic acids is 1. The van der Waals surface area contributed by atoms with Crippen LogP contribution in [0, 0.1) is 0 Å². The lowest BCUT2D eigenvalue weighted by Crippen LogP contribution is -2.51. The van der Waals surface area contributed by atoms with E-state index in [-0.39, 0.29) is 17.4 Å². The summed E-state index contributed by atoms with van der Waals surface area (Å²) in [7, 11) is 0. The third-order valence-corrected chi connectivity index (χ3v) is 6.26. The molecule has 1 aliphatic heterocycles. The third-order valence-electron chi connectivity index (χ3n) is 5.14. The molecule has 0 aliphatic carbocycles. The number of pyridine rings is 1. The van der Waals surface area contributed by atoms with Gasteiger partial charge in [0.15, 0.2) is 5.78 Å². The highest BCUT2D eigenvalue weighted by molar-refractivity contribution is 7.23. The molecule has 5 rings (SSSR count). The molecule has 4 aromatic rings. The molecule has 5 nitrogen and oxygen atoms in total. The highest BCUT2D eigenvalue weighted by Crippen LogP contribution is 2.38. The highest BCUT2D eigenvalue weighted by atomic mass is 32.1. The van der Waals surface area contributed by atoms with Crippen molar-refractivity contribution in [2.45, 2.75) is 6.04 Å². The molecule has 0 spiro atoms. The van der Waals surface area contributed by atoms with E-state index in [0.717, 1.165) is 34.0 Å². The van der Waals surface area contributed by atoms with E-state index < -0.39 is 0 Å². The lowest BCUT2D eigenvalue weighted by molar-refractivity contribution is 0.104. The van der Waals surface area contributed by atoms with Crippen molar-refractivity contribution in [1.29, 1.82) is 0 Å². The van der Waals surface area contributed by atoms with Crippen molar-refractivity contribution in [2.24, 2.45) is 0 Å². The van der Waals surface area contributed by atoms with Gasteiger partial charge in [0.2, 0.25) is 0 Å². The number of nitrogens with zero attached hydrogens (tertiary/aromatic N) is 1. The Morgan fingerprint density at radius 1 is 0.966 bits per heavy atom. The molecule has 0 atom stereocenters. The molecule has 0 bridgehead atoms. The van der Waals surface area contributed by atoms with Crippen molar-refractivity contribution in [1.82, 2.24) is 9.88 Å². The van der Waals surface area contributed by atoms with Crippen molar-refractivity contribution in [3.63, 3.8) is 0 Å². The summed E-state index contributed by atoms with van der Waals surface area (Å²) in [5, 5.41) is 8.36. The maximum absolute atomic E-state index is 13.4. The van der Waals surface area contributed by atoms with Gasteiger partial charge in [0.25, 0.3) is 5.56 Å². The van der Waals surface area contributed by atoms with Crippen LogP contribution in [0.5, 0.6) is 0 Å². The maximum Gasteiger partial charge on any atom is 0.256 e. The summed E-state index contributed by atoms with van der Waals surface area (Å²) in [5.41, 5.74) is 1.95. The molecule has 0 unspecified atom stereocenters. The number of fused-ring (bicyclic) bond motifs is 1. The minimum atomic E-state index is -0.111. The molecule has 2 aromatic heterocycles. The number of hydrogen-bond acceptors (Lipinski definition) is 5. The summed E-state index contributed by atoms with van der Waals surface area (Å²) in [6.45, 7) is 1.72. The molecule has 1 saturated heterocycles. The Morgan fingerprint density at radius 3 is 2.31 bits per heavy atom. The number of para-hydroxylation sites is 1. The Bertz CT molecular complexity index is 1240. The highest BCUT2D eigenvalue weighted by Gasteiger charge is 2.26. The summed E-state index contributed by atoms with van der Waals surface area (Å²) in [6.07, 6.45) is 0. The molecule has 144 valence electrons. The SMILES string of the molecule is O=C(c1ccccc1)c1c(NC2CNC2)sc2c1ccc(=O)n2-c1ccccc1. The fourth-order valence-corrected chi connectivity index (χ4v) is 4.83. The second kappa shape index (κ2) is 7.31. The summed E-state index contributed by atoms with van der Waals surface area (Å²) in [6, 6.07) is 22.4. The summed E-state index contributed by atoms with van der Waals surface area (Å²) in [5.74, 6) is -0.0371. The largest absolute Gasteiger partial charge is 0.371 e. The van der Waals surface area contributed by atoms with Crippen LogP contribution in [-0.2, 0) is 0 Å². The van der Waals surface area contributed by atoms with Crippen LogP contribution in [0.15, 0.2) is 77.6 Å². The van der Waals surface area contributed by atoms with Gasteiger partial charge in [-0.3, -0.25) is 14.2 Å². The van der Waals surface area contributed by atoms with E-state index in [2.05, 4.69) is 10.6 Å². The number of nitrogens with one attached hydrogen (secondary N) is 2. The zero-order valence-electron chi connectivity index (χ0n) is 15.6. The first kappa shape index (κ1) is 17.8. The molecule has 0 radical (unpaired) electrons. The smallest absolute Gasteiger partial charge is 0.256 e. The van der Waals surface area contributed by atoms with E-state index in [1.807, 2.05) is 60.7 Å². The van der Waals surface area contributed by atoms with Gasteiger partial charge in [-0.25, -0.2) is 0 Å². The summed E-state index contributed by atoms with van der Waals surface area (Å²) < 4.78 is 1.69. The average Bonchev–Trinajstić information content (AvgIpc) is 3.09. The van der Waals surface area contributed by atoms with Crippen LogP contribution in [-0.4, -0.2) is 29.5 Å². The van der Waals surface area contributed by atoms with E-state index in [1.165, 1.54) is 11.3 Å². The maximum atomic E-state index is 13.4. The summed E-state index contributed by atoms with van der Waals surface area (Å²) >= 11 is 1.46. The minimum Gasteiger partial charge on any atom is -0.371 e. The van der Waals surface area contributed by atoms with Crippen LogP contribution in [0.4, 0.5) is 5.00 Å². The van der Waals surface area contributed by atoms with Crippen LogP contribution < -0.4 is 16.2 Å². The number of carbonyl (C=O) groups is 1. The van der Waals surface area contributed by atoms with Gasteiger partial charge in [-0.05, 0) is 18.2 Å². The molecule has 1 fully saturated rings. The van der Waals surface area contributed by atoms with Crippen molar-refractivity contribution in [3.8, 4) is 5.69 Å². The third kappa shape index (κ3) is 3.16. The van der Waals surface area contributed by atoms with Gasteiger partial charge < -0.3 is 10.6 Å². The molecular formula is C23H19N3O2S. The van der Waals surface area contributed by atoms with Crippen molar-refractivity contribution >= 4 is 32.3 Å². The predicted molar refractivity (Wildman–Crippen MR) is 118 cm³/mol. The molecule has 2 aromatic carbocycles. The van der Waals surface area contributed by atoms with Crippen LogP contribution in [0.3, 0.4) is 0 Å². The van der Waals surface area contributed by atoms with E-state index in [0.29, 0.717) is 11.1 Å². The zero-order chi connectivity index (χ0) is 19.8. The molecule has 2 N–H and O–H groups in total. The van der Waals surface area contributed by atoms with Gasteiger partial charge in [0, 0.05) is 30.1 Å². The van der Waals surface area contributed by atoms with Gasteiger partial charge >= 0.3 is 0 Å². The fourth-order valence-electron chi connectivity index (χ4n) is 3.54. The van der Waals surface area contributed by atoms with E-state index in [1.54, 1.807) is 16.7 Å². The number of aromatic nitrogens is 1. The average molecular weight is 401 g/mol. The normalized spacial score (nSPS) is 13.9. The van der Waals surface area contributed by atoms with Crippen molar-refractivity contribution in [2.75, 3.05) is 18.4 Å². The first-order valence-corrected chi connectivity index (χ1v) is 10.3. The number of hydrogen-bond donors (Lipinski definition) is 2. The molecule has 0 amide bonds. The lowest BCUT2D eigenvalue weighted by Gasteiger charge is -2.28. The van der Waals surface area contributed by atoms with E-state index in [9.17, 15) is 9.59 Å². The van der Waals surface area contributed by atoms with Gasteiger partial charge in [-0.15, -0.1) is 0 Å². The minimum absolute atomic E-state index is 0.0371. The molecule has 29 heavy (non-hydrogen) atoms. The molecule has 1 aliphatic rings. The van der Waals surface area contributed by atoms with Gasteiger partial charge in [0.05, 0.1) is 17.3 Å². The quantitative estimate of drug-likeness (QED) is 0.501. The second-order valence-corrected chi connectivity index (χ2v) is 8.06. The molecule has 6 heteroatoms. The predicted octanol–water partition coefficient (Wildman–Crippen LogP) is 3.67. The number of anilines is 1. The molecule has 0 saturated carbocycles. The van der Waals surface area contributed by atoms with Crippen LogP contribution in [0.25, 0.3) is 15.9 Å². The van der Waals surface area contributed by atoms with E-state index in [4.69, 9.17) is 0 Å². The Hall–Kier alpha value is -3.22. The Balaban J connectivity index is 1.75. The molecular weight excluding hydrogens is 382 g/mol. The topological polar surface area (TPSA) is 63.1 Å². The van der Waals surface area contributed by atoms with Crippen LogP contribution in [0.2, 0.25) is 0 Å². The van der Waals surface area contributed by atoms with Crippen LogP contribution in [0.1, 0.15) is 15.9 Å². The first-order chi connectivity index (χ1) is 14.2. The number of benzene rings is 2. The lowest BCUT2D eigenvalue weighted by atomic mass is 10.0. The van der Waals surface area contributed by atoms with Gasteiger partial charge in [-0.2, -0.15) is 0 Å². The zero-order valence-corrected chi connectivity index (χ0v) is 16.4. The van der Waals surface area contributed by atoms with Gasteiger partial charge in [-0.1, -0.05) is 59.9 Å². The molecule has 3 heterocycles. The number of rotatable bonds is 5. The fraction of sp³-hybridized carbons (Fsp3) is 0.130. The van der Waals surface area contributed by atoms with E-state index >= 15 is 0 Å². The number of ketones is 1. The Morgan fingerprint density at radius 2 is 1.66 bits per heavy atom. The standard InChI is InChI=1S/C23H19N3O2S/c27-19-12-11-18-20(21(28)15-7-3-1-4-8-15)22(25-16-13-24-14-16)29-23(18)26(19)17-9-5-2-6-10-17/h1-12,16,24-25H,13-14H2.